The topological polar surface area (TPSA) is 31.2 Å². The lowest BCUT2D eigenvalue weighted by Crippen LogP contribution is -2.01. The number of Topliss-reactive ketones (excluding diaryl/α,β-unsaturated/α-hetero) is 1. The molecule has 0 N–H and O–H groups in total. The Morgan fingerprint density at radius 1 is 0.903 bits per heavy atom. The summed E-state index contributed by atoms with van der Waals surface area (Å²) in [4.78, 5) is 14.9. The molecule has 0 atom stereocenters. The highest BCUT2D eigenvalue weighted by Gasteiger charge is 2.26. The molecule has 4 heteroatoms. The predicted molar refractivity (Wildman–Crippen MR) is 128 cm³/mol. The number of aromatic nitrogens is 1. The Balaban J connectivity index is 2.05. The second-order valence-corrected chi connectivity index (χ2v) is 8.60. The van der Waals surface area contributed by atoms with Gasteiger partial charge in [0.05, 0.1) is 18.4 Å². The maximum atomic E-state index is 12.8. The number of hydrogen-bond acceptors (Lipinski definition) is 3. The summed E-state index contributed by atoms with van der Waals surface area (Å²) in [6.45, 7) is 5.74. The van der Waals surface area contributed by atoms with Gasteiger partial charge in [0.2, 0.25) is 0 Å². The van der Waals surface area contributed by atoms with E-state index in [1.807, 2.05) is 43.3 Å². The van der Waals surface area contributed by atoms with E-state index in [0.29, 0.717) is 0 Å². The first kappa shape index (κ1) is 21.0. The van der Waals surface area contributed by atoms with Crippen LogP contribution in [0.5, 0.6) is 5.75 Å². The Morgan fingerprint density at radius 2 is 1.61 bits per heavy atom. The van der Waals surface area contributed by atoms with Crippen LogP contribution >= 0.6 is 11.8 Å². The molecule has 0 saturated heterocycles. The highest BCUT2D eigenvalue weighted by molar-refractivity contribution is 7.99. The zero-order chi connectivity index (χ0) is 22.0. The van der Waals surface area contributed by atoms with Crippen molar-refractivity contribution in [2.45, 2.75) is 30.6 Å². The number of ether oxygens (including phenoxy) is 1. The fraction of sp³-hybridized carbons (Fsp3) is 0.148. The molecule has 156 valence electrons. The van der Waals surface area contributed by atoms with Gasteiger partial charge in [-0.3, -0.25) is 4.79 Å². The SMILES string of the molecule is COc1cccc(-c2c(Sc3ccccc3)c(C(C)=O)c(C)n2-c2ccc(C)cc2)c1. The molecule has 0 aliphatic carbocycles. The first-order chi connectivity index (χ1) is 15.0. The highest BCUT2D eigenvalue weighted by atomic mass is 32.2. The van der Waals surface area contributed by atoms with Gasteiger partial charge in [0.15, 0.2) is 5.78 Å². The van der Waals surface area contributed by atoms with Gasteiger partial charge >= 0.3 is 0 Å². The van der Waals surface area contributed by atoms with E-state index in [4.69, 9.17) is 4.74 Å². The minimum Gasteiger partial charge on any atom is -0.497 e. The van der Waals surface area contributed by atoms with E-state index in [9.17, 15) is 4.79 Å². The molecule has 1 aromatic heterocycles. The van der Waals surface area contributed by atoms with Crippen LogP contribution < -0.4 is 4.74 Å². The van der Waals surface area contributed by atoms with Crippen LogP contribution in [0.15, 0.2) is 88.7 Å². The van der Waals surface area contributed by atoms with Crippen LogP contribution in [-0.2, 0) is 0 Å². The molecule has 31 heavy (non-hydrogen) atoms. The summed E-state index contributed by atoms with van der Waals surface area (Å²) >= 11 is 1.63. The average molecular weight is 428 g/mol. The van der Waals surface area contributed by atoms with Gasteiger partial charge in [0, 0.05) is 26.7 Å². The average Bonchev–Trinajstić information content (AvgIpc) is 3.07. The van der Waals surface area contributed by atoms with Crippen molar-refractivity contribution < 1.29 is 9.53 Å². The largest absolute Gasteiger partial charge is 0.497 e. The third-order valence-corrected chi connectivity index (χ3v) is 6.42. The van der Waals surface area contributed by atoms with Gasteiger partial charge in [-0.1, -0.05) is 59.8 Å². The van der Waals surface area contributed by atoms with Gasteiger partial charge in [0.1, 0.15) is 5.75 Å². The highest BCUT2D eigenvalue weighted by Crippen LogP contribution is 2.44. The fourth-order valence-corrected chi connectivity index (χ4v) is 5.06. The number of hydrogen-bond donors (Lipinski definition) is 0. The van der Waals surface area contributed by atoms with E-state index in [1.54, 1.807) is 25.8 Å². The summed E-state index contributed by atoms with van der Waals surface area (Å²) < 4.78 is 7.69. The Hall–Kier alpha value is -3.24. The van der Waals surface area contributed by atoms with E-state index in [1.165, 1.54) is 5.56 Å². The fourth-order valence-electron chi connectivity index (χ4n) is 3.83. The van der Waals surface area contributed by atoms with Crippen molar-refractivity contribution >= 4 is 17.5 Å². The number of nitrogens with zero attached hydrogens (tertiary/aromatic N) is 1. The van der Waals surface area contributed by atoms with Crippen LogP contribution in [-0.4, -0.2) is 17.5 Å². The predicted octanol–water partition coefficient (Wildman–Crippen LogP) is 7.12. The van der Waals surface area contributed by atoms with Gasteiger partial charge in [-0.15, -0.1) is 0 Å². The molecular formula is C27H25NO2S. The normalized spacial score (nSPS) is 10.8. The molecule has 0 aliphatic rings. The van der Waals surface area contributed by atoms with E-state index in [0.717, 1.165) is 43.7 Å². The zero-order valence-corrected chi connectivity index (χ0v) is 19.0. The van der Waals surface area contributed by atoms with Crippen LogP contribution in [0.1, 0.15) is 28.5 Å². The molecule has 0 saturated carbocycles. The minimum atomic E-state index is 0.0611. The molecule has 0 spiro atoms. The molecule has 3 aromatic carbocycles. The molecule has 0 bridgehead atoms. The molecule has 0 radical (unpaired) electrons. The van der Waals surface area contributed by atoms with Crippen LogP contribution in [0, 0.1) is 13.8 Å². The smallest absolute Gasteiger partial charge is 0.162 e. The van der Waals surface area contributed by atoms with E-state index < -0.39 is 0 Å². The molecule has 4 rings (SSSR count). The quantitative estimate of drug-likeness (QED) is 0.307. The number of benzene rings is 3. The summed E-state index contributed by atoms with van der Waals surface area (Å²) in [5.74, 6) is 0.845. The number of methoxy groups -OCH3 is 1. The van der Waals surface area contributed by atoms with Crippen molar-refractivity contribution in [1.82, 2.24) is 4.57 Å². The van der Waals surface area contributed by atoms with Gasteiger partial charge in [-0.25, -0.2) is 0 Å². The van der Waals surface area contributed by atoms with Crippen molar-refractivity contribution in [3.05, 3.63) is 95.7 Å². The van der Waals surface area contributed by atoms with E-state index in [-0.39, 0.29) is 5.78 Å². The molecule has 1 heterocycles. The van der Waals surface area contributed by atoms with Gasteiger partial charge in [-0.2, -0.15) is 0 Å². The molecular weight excluding hydrogens is 402 g/mol. The van der Waals surface area contributed by atoms with Gasteiger partial charge < -0.3 is 9.30 Å². The lowest BCUT2D eigenvalue weighted by Gasteiger charge is -2.14. The number of carbonyl (C=O) groups excluding carboxylic acids is 1. The minimum absolute atomic E-state index is 0.0611. The summed E-state index contributed by atoms with van der Waals surface area (Å²) in [6.07, 6.45) is 0. The maximum absolute atomic E-state index is 12.8. The van der Waals surface area contributed by atoms with Gasteiger partial charge in [-0.05, 0) is 57.2 Å². The van der Waals surface area contributed by atoms with Crippen molar-refractivity contribution in [2.24, 2.45) is 0 Å². The Morgan fingerprint density at radius 3 is 2.26 bits per heavy atom. The summed E-state index contributed by atoms with van der Waals surface area (Å²) in [7, 11) is 1.67. The van der Waals surface area contributed by atoms with Crippen molar-refractivity contribution in [3.8, 4) is 22.7 Å². The molecule has 3 nitrogen and oxygen atoms in total. The van der Waals surface area contributed by atoms with E-state index in [2.05, 4.69) is 54.0 Å². The number of aryl methyl sites for hydroxylation is 1. The second kappa shape index (κ2) is 8.86. The Labute approximate surface area is 187 Å². The van der Waals surface area contributed by atoms with Crippen LogP contribution in [0.3, 0.4) is 0 Å². The van der Waals surface area contributed by atoms with Crippen LogP contribution in [0.2, 0.25) is 0 Å². The third-order valence-electron chi connectivity index (χ3n) is 5.31. The van der Waals surface area contributed by atoms with E-state index >= 15 is 0 Å². The Bertz CT molecular complexity index is 1220. The monoisotopic (exact) mass is 427 g/mol. The number of rotatable bonds is 6. The van der Waals surface area contributed by atoms with Crippen molar-refractivity contribution in [2.75, 3.05) is 7.11 Å². The number of carbonyl (C=O) groups is 1. The maximum Gasteiger partial charge on any atom is 0.162 e. The summed E-state index contributed by atoms with van der Waals surface area (Å²) in [5.41, 5.74) is 5.93. The first-order valence-corrected chi connectivity index (χ1v) is 11.0. The summed E-state index contributed by atoms with van der Waals surface area (Å²) in [5, 5.41) is 0. The number of ketones is 1. The van der Waals surface area contributed by atoms with Crippen LogP contribution in [0.4, 0.5) is 0 Å². The standard InChI is InChI=1S/C27H25NO2S/c1-18-13-15-22(16-14-18)28-19(2)25(20(3)29)27(31-24-11-6-5-7-12-24)26(28)21-9-8-10-23(17-21)30-4/h5-17H,1-4H3. The third kappa shape index (κ3) is 4.17. The Kier molecular flexibility index (Phi) is 6.01. The molecule has 0 aliphatic heterocycles. The first-order valence-electron chi connectivity index (χ1n) is 10.2. The van der Waals surface area contributed by atoms with Crippen molar-refractivity contribution in [1.29, 1.82) is 0 Å². The molecule has 0 fully saturated rings. The van der Waals surface area contributed by atoms with Crippen molar-refractivity contribution in [3.63, 3.8) is 0 Å². The second-order valence-electron chi connectivity index (χ2n) is 7.51. The zero-order valence-electron chi connectivity index (χ0n) is 18.2. The van der Waals surface area contributed by atoms with Gasteiger partial charge in [0.25, 0.3) is 0 Å². The molecule has 0 unspecified atom stereocenters. The lowest BCUT2D eigenvalue weighted by atomic mass is 10.1. The summed E-state index contributed by atoms with van der Waals surface area (Å²) in [6, 6.07) is 26.6. The lowest BCUT2D eigenvalue weighted by molar-refractivity contribution is 0.101. The molecule has 0 amide bonds. The van der Waals surface area contributed by atoms with Crippen LogP contribution in [0.25, 0.3) is 16.9 Å². The molecule has 4 aromatic rings.